The molecule has 2 aromatic carbocycles. The molecule has 6 heteroatoms. The van der Waals surface area contributed by atoms with E-state index in [1.165, 1.54) is 12.1 Å². The fourth-order valence-corrected chi connectivity index (χ4v) is 2.66. The lowest BCUT2D eigenvalue weighted by Crippen LogP contribution is -2.39. The summed E-state index contributed by atoms with van der Waals surface area (Å²) >= 11 is 0. The second-order valence-electron chi connectivity index (χ2n) is 5.85. The van der Waals surface area contributed by atoms with Gasteiger partial charge in [0, 0.05) is 24.3 Å². The number of anilines is 2. The Hall–Kier alpha value is -2.89. The summed E-state index contributed by atoms with van der Waals surface area (Å²) in [4.78, 5) is 25.7. The van der Waals surface area contributed by atoms with Crippen LogP contribution in [0.15, 0.2) is 48.5 Å². The molecular formula is C18H18FN3O2. The maximum absolute atomic E-state index is 13.0. The van der Waals surface area contributed by atoms with E-state index in [4.69, 9.17) is 0 Å². The third-order valence-corrected chi connectivity index (χ3v) is 3.91. The highest BCUT2D eigenvalue weighted by Crippen LogP contribution is 2.22. The highest BCUT2D eigenvalue weighted by molar-refractivity contribution is 5.97. The van der Waals surface area contributed by atoms with Crippen LogP contribution in [0, 0.1) is 12.7 Å². The molecule has 3 rings (SSSR count). The van der Waals surface area contributed by atoms with Gasteiger partial charge in [-0.15, -0.1) is 0 Å². The Morgan fingerprint density at radius 3 is 2.46 bits per heavy atom. The lowest BCUT2D eigenvalue weighted by Gasteiger charge is -2.17. The van der Waals surface area contributed by atoms with Gasteiger partial charge in [0.05, 0.1) is 6.04 Å². The summed E-state index contributed by atoms with van der Waals surface area (Å²) < 4.78 is 13.0. The van der Waals surface area contributed by atoms with Crippen LogP contribution >= 0.6 is 0 Å². The van der Waals surface area contributed by atoms with Gasteiger partial charge in [0.2, 0.25) is 5.91 Å². The van der Waals surface area contributed by atoms with E-state index < -0.39 is 0 Å². The minimum Gasteiger partial charge on any atom is -0.333 e. The van der Waals surface area contributed by atoms with E-state index in [9.17, 15) is 14.0 Å². The molecule has 3 amide bonds. The first kappa shape index (κ1) is 16.0. The summed E-state index contributed by atoms with van der Waals surface area (Å²) in [5, 5.41) is 5.54. The van der Waals surface area contributed by atoms with Crippen molar-refractivity contribution in [1.82, 2.24) is 5.32 Å². The Morgan fingerprint density at radius 2 is 1.79 bits per heavy atom. The van der Waals surface area contributed by atoms with Crippen LogP contribution < -0.4 is 15.5 Å². The Labute approximate surface area is 139 Å². The quantitative estimate of drug-likeness (QED) is 0.910. The van der Waals surface area contributed by atoms with Gasteiger partial charge < -0.3 is 15.5 Å². The van der Waals surface area contributed by atoms with Gasteiger partial charge in [-0.3, -0.25) is 4.79 Å². The van der Waals surface area contributed by atoms with Crippen LogP contribution in [0.4, 0.5) is 20.6 Å². The van der Waals surface area contributed by atoms with Gasteiger partial charge in [0.1, 0.15) is 5.82 Å². The molecule has 1 aliphatic rings. The number of urea groups is 1. The van der Waals surface area contributed by atoms with E-state index in [1.807, 2.05) is 31.2 Å². The molecule has 1 atom stereocenters. The molecule has 0 spiro atoms. The van der Waals surface area contributed by atoms with Crippen molar-refractivity contribution in [3.05, 3.63) is 59.9 Å². The van der Waals surface area contributed by atoms with Crippen molar-refractivity contribution in [1.29, 1.82) is 0 Å². The molecule has 24 heavy (non-hydrogen) atoms. The Morgan fingerprint density at radius 1 is 1.12 bits per heavy atom. The topological polar surface area (TPSA) is 61.4 Å². The lowest BCUT2D eigenvalue weighted by atomic mass is 10.2. The number of nitrogens with one attached hydrogen (secondary N) is 2. The predicted molar refractivity (Wildman–Crippen MR) is 90.5 cm³/mol. The molecule has 0 radical (unpaired) electrons. The minimum atomic E-state index is -0.349. The zero-order valence-corrected chi connectivity index (χ0v) is 13.3. The highest BCUT2D eigenvalue weighted by Gasteiger charge is 2.31. The predicted octanol–water partition coefficient (Wildman–Crippen LogP) is 3.06. The Kier molecular flexibility index (Phi) is 4.46. The number of carbonyl (C=O) groups is 2. The fourth-order valence-electron chi connectivity index (χ4n) is 2.66. The van der Waals surface area contributed by atoms with Crippen LogP contribution in [0.3, 0.4) is 0 Å². The fraction of sp³-hybridized carbons (Fsp3) is 0.222. The first-order chi connectivity index (χ1) is 11.5. The molecule has 0 bridgehead atoms. The zero-order chi connectivity index (χ0) is 17.1. The van der Waals surface area contributed by atoms with Crippen molar-refractivity contribution in [3.63, 3.8) is 0 Å². The summed E-state index contributed by atoms with van der Waals surface area (Å²) in [6, 6.07) is 12.6. The molecule has 2 aromatic rings. The van der Waals surface area contributed by atoms with Crippen LogP contribution in [-0.4, -0.2) is 24.5 Å². The van der Waals surface area contributed by atoms with Crippen molar-refractivity contribution < 1.29 is 14.0 Å². The maximum atomic E-state index is 13.0. The molecule has 124 valence electrons. The maximum Gasteiger partial charge on any atom is 0.319 e. The molecule has 1 aliphatic heterocycles. The third kappa shape index (κ3) is 3.71. The van der Waals surface area contributed by atoms with Gasteiger partial charge in [-0.05, 0) is 43.3 Å². The monoisotopic (exact) mass is 327 g/mol. The minimum absolute atomic E-state index is 0.0951. The molecule has 1 fully saturated rings. The average molecular weight is 327 g/mol. The number of amides is 3. The number of benzene rings is 2. The number of carbonyl (C=O) groups excluding carboxylic acids is 2. The number of nitrogens with zero attached hydrogens (tertiary/aromatic N) is 1. The molecule has 2 N–H and O–H groups in total. The van der Waals surface area contributed by atoms with E-state index in [-0.39, 0.29) is 30.2 Å². The van der Waals surface area contributed by atoms with Gasteiger partial charge in [-0.25, -0.2) is 9.18 Å². The normalized spacial score (nSPS) is 17.0. The number of aryl methyl sites for hydroxylation is 1. The SMILES string of the molecule is Cc1ccc(NC(=O)N[C@H]2CC(=O)N(c3ccc(F)cc3)C2)cc1. The van der Waals surface area contributed by atoms with E-state index in [2.05, 4.69) is 10.6 Å². The van der Waals surface area contributed by atoms with Crippen LogP contribution in [0.5, 0.6) is 0 Å². The summed E-state index contributed by atoms with van der Waals surface area (Å²) in [7, 11) is 0. The van der Waals surface area contributed by atoms with Crippen LogP contribution in [-0.2, 0) is 4.79 Å². The first-order valence-electron chi connectivity index (χ1n) is 7.71. The standard InChI is InChI=1S/C18H18FN3O2/c1-12-2-6-14(7-3-12)20-18(24)21-15-10-17(23)22(11-15)16-8-4-13(19)5-9-16/h2-9,15H,10-11H2,1H3,(H2,20,21,24)/t15-/m0/s1. The molecule has 5 nitrogen and oxygen atoms in total. The Bertz CT molecular complexity index is 744. The van der Waals surface area contributed by atoms with Crippen LogP contribution in [0.2, 0.25) is 0 Å². The van der Waals surface area contributed by atoms with Gasteiger partial charge in [-0.2, -0.15) is 0 Å². The van der Waals surface area contributed by atoms with E-state index in [0.29, 0.717) is 17.9 Å². The van der Waals surface area contributed by atoms with Crippen molar-refractivity contribution >= 4 is 23.3 Å². The second kappa shape index (κ2) is 6.70. The van der Waals surface area contributed by atoms with E-state index in [1.54, 1.807) is 17.0 Å². The Balaban J connectivity index is 1.58. The van der Waals surface area contributed by atoms with Crippen molar-refractivity contribution in [2.24, 2.45) is 0 Å². The summed E-state index contributed by atoms with van der Waals surface area (Å²) in [5.74, 6) is -0.445. The second-order valence-corrected chi connectivity index (χ2v) is 5.85. The first-order valence-corrected chi connectivity index (χ1v) is 7.71. The molecule has 0 saturated carbocycles. The van der Waals surface area contributed by atoms with Crippen LogP contribution in [0.1, 0.15) is 12.0 Å². The molecule has 0 aliphatic carbocycles. The number of hydrogen-bond donors (Lipinski definition) is 2. The van der Waals surface area contributed by atoms with Crippen molar-refractivity contribution in [3.8, 4) is 0 Å². The van der Waals surface area contributed by atoms with Gasteiger partial charge in [0.15, 0.2) is 0 Å². The van der Waals surface area contributed by atoms with E-state index >= 15 is 0 Å². The smallest absolute Gasteiger partial charge is 0.319 e. The molecule has 1 saturated heterocycles. The lowest BCUT2D eigenvalue weighted by molar-refractivity contribution is -0.117. The molecule has 0 aromatic heterocycles. The molecular weight excluding hydrogens is 309 g/mol. The van der Waals surface area contributed by atoms with Gasteiger partial charge in [-0.1, -0.05) is 17.7 Å². The van der Waals surface area contributed by atoms with Crippen molar-refractivity contribution in [2.45, 2.75) is 19.4 Å². The van der Waals surface area contributed by atoms with Crippen LogP contribution in [0.25, 0.3) is 0 Å². The number of rotatable bonds is 3. The zero-order valence-electron chi connectivity index (χ0n) is 13.3. The average Bonchev–Trinajstić information content (AvgIpc) is 2.90. The summed E-state index contributed by atoms with van der Waals surface area (Å²) in [6.45, 7) is 2.34. The molecule has 1 heterocycles. The van der Waals surface area contributed by atoms with Crippen molar-refractivity contribution in [2.75, 3.05) is 16.8 Å². The number of hydrogen-bond acceptors (Lipinski definition) is 2. The largest absolute Gasteiger partial charge is 0.333 e. The van der Waals surface area contributed by atoms with Gasteiger partial charge >= 0.3 is 6.03 Å². The number of halogens is 1. The highest BCUT2D eigenvalue weighted by atomic mass is 19.1. The van der Waals surface area contributed by atoms with Gasteiger partial charge in [0.25, 0.3) is 0 Å². The summed E-state index contributed by atoms with van der Waals surface area (Å²) in [6.07, 6.45) is 0.221. The third-order valence-electron chi connectivity index (χ3n) is 3.91. The summed E-state index contributed by atoms with van der Waals surface area (Å²) in [5.41, 5.74) is 2.43. The molecule has 0 unspecified atom stereocenters. The van der Waals surface area contributed by atoms with E-state index in [0.717, 1.165) is 5.56 Å².